The van der Waals surface area contributed by atoms with Crippen LogP contribution in [0.15, 0.2) is 0 Å². The highest BCUT2D eigenvalue weighted by atomic mass is 16.4. The van der Waals surface area contributed by atoms with Crippen molar-refractivity contribution >= 4 is 11.9 Å². The van der Waals surface area contributed by atoms with E-state index in [1.54, 1.807) is 0 Å². The molecule has 3 unspecified atom stereocenters. The van der Waals surface area contributed by atoms with Gasteiger partial charge < -0.3 is 10.0 Å². The molecule has 18 heavy (non-hydrogen) atoms. The molecule has 0 saturated carbocycles. The minimum Gasteiger partial charge on any atom is -0.481 e. The first kappa shape index (κ1) is 12.0. The predicted molar refractivity (Wildman–Crippen MR) is 65.1 cm³/mol. The summed E-state index contributed by atoms with van der Waals surface area (Å²) in [5.41, 5.74) is 0. The van der Waals surface area contributed by atoms with Crippen LogP contribution in [0.1, 0.15) is 32.1 Å². The molecule has 3 aliphatic rings. The monoisotopic (exact) mass is 252 g/mol. The molecule has 5 nitrogen and oxygen atoms in total. The van der Waals surface area contributed by atoms with Gasteiger partial charge in [0.15, 0.2) is 0 Å². The molecule has 3 aliphatic heterocycles. The molecule has 0 aromatic carbocycles. The zero-order valence-corrected chi connectivity index (χ0v) is 10.5. The summed E-state index contributed by atoms with van der Waals surface area (Å²) in [5, 5.41) is 9.05. The van der Waals surface area contributed by atoms with Crippen LogP contribution in [0.5, 0.6) is 0 Å². The second-order valence-corrected chi connectivity index (χ2v) is 5.74. The molecule has 3 rings (SSSR count). The van der Waals surface area contributed by atoms with Crippen molar-refractivity contribution in [2.24, 2.45) is 5.92 Å². The van der Waals surface area contributed by atoms with E-state index in [0.29, 0.717) is 19.0 Å². The van der Waals surface area contributed by atoms with Crippen molar-refractivity contribution in [2.45, 2.75) is 44.2 Å². The predicted octanol–water partition coefficient (Wildman–Crippen LogP) is 0.546. The quantitative estimate of drug-likeness (QED) is 0.779. The minimum absolute atomic E-state index is 0.238. The van der Waals surface area contributed by atoms with Gasteiger partial charge in [0.2, 0.25) is 5.91 Å². The molecular formula is C13H20N2O3. The van der Waals surface area contributed by atoms with Gasteiger partial charge >= 0.3 is 5.97 Å². The molecule has 3 atom stereocenters. The number of likely N-dealkylation sites (tertiary alicyclic amines) is 1. The van der Waals surface area contributed by atoms with Gasteiger partial charge in [-0.2, -0.15) is 0 Å². The van der Waals surface area contributed by atoms with Crippen LogP contribution in [0.2, 0.25) is 0 Å². The molecule has 1 N–H and O–H groups in total. The van der Waals surface area contributed by atoms with Crippen molar-refractivity contribution in [3.05, 3.63) is 0 Å². The van der Waals surface area contributed by atoms with E-state index in [-0.39, 0.29) is 17.9 Å². The molecular weight excluding hydrogens is 232 g/mol. The maximum Gasteiger partial charge on any atom is 0.307 e. The summed E-state index contributed by atoms with van der Waals surface area (Å²) in [6.45, 7) is 2.35. The van der Waals surface area contributed by atoms with Crippen LogP contribution in [-0.4, -0.2) is 58.5 Å². The van der Waals surface area contributed by atoms with Crippen molar-refractivity contribution in [3.63, 3.8) is 0 Å². The fourth-order valence-corrected chi connectivity index (χ4v) is 3.76. The summed E-state index contributed by atoms with van der Waals surface area (Å²) in [6, 6.07) is 0.612. The summed E-state index contributed by atoms with van der Waals surface area (Å²) in [4.78, 5) is 27.3. The van der Waals surface area contributed by atoms with E-state index in [1.807, 2.05) is 4.90 Å². The first-order valence-corrected chi connectivity index (χ1v) is 6.93. The molecule has 0 aliphatic carbocycles. The molecule has 5 heteroatoms. The smallest absolute Gasteiger partial charge is 0.307 e. The van der Waals surface area contributed by atoms with Crippen molar-refractivity contribution in [1.29, 1.82) is 0 Å². The highest BCUT2D eigenvalue weighted by Crippen LogP contribution is 2.33. The lowest BCUT2D eigenvalue weighted by molar-refractivity contribution is -0.141. The van der Waals surface area contributed by atoms with Gasteiger partial charge in [-0.15, -0.1) is 0 Å². The molecule has 0 aromatic heterocycles. The molecule has 0 bridgehead atoms. The highest BCUT2D eigenvalue weighted by molar-refractivity contribution is 5.80. The van der Waals surface area contributed by atoms with E-state index in [4.69, 9.17) is 5.11 Å². The Morgan fingerprint density at radius 2 is 2.00 bits per heavy atom. The number of piperidine rings is 1. The fourth-order valence-electron chi connectivity index (χ4n) is 3.76. The first-order chi connectivity index (χ1) is 8.66. The van der Waals surface area contributed by atoms with E-state index in [0.717, 1.165) is 32.4 Å². The van der Waals surface area contributed by atoms with Gasteiger partial charge in [0.25, 0.3) is 0 Å². The van der Waals surface area contributed by atoms with Crippen LogP contribution < -0.4 is 0 Å². The van der Waals surface area contributed by atoms with E-state index < -0.39 is 5.97 Å². The third-order valence-corrected chi connectivity index (χ3v) is 4.74. The summed E-state index contributed by atoms with van der Waals surface area (Å²) >= 11 is 0. The largest absolute Gasteiger partial charge is 0.481 e. The molecule has 0 spiro atoms. The fraction of sp³-hybridized carbons (Fsp3) is 0.846. The Kier molecular flexibility index (Phi) is 3.01. The maximum absolute atomic E-state index is 12.0. The minimum atomic E-state index is -0.692. The third kappa shape index (κ3) is 1.90. The van der Waals surface area contributed by atoms with Gasteiger partial charge in [0.1, 0.15) is 0 Å². The number of fused-ring (bicyclic) bond motifs is 1. The van der Waals surface area contributed by atoms with Crippen LogP contribution in [0.4, 0.5) is 0 Å². The topological polar surface area (TPSA) is 60.9 Å². The second kappa shape index (κ2) is 4.53. The van der Waals surface area contributed by atoms with Crippen LogP contribution in [0.3, 0.4) is 0 Å². The molecule has 0 radical (unpaired) electrons. The van der Waals surface area contributed by atoms with Crippen LogP contribution in [0, 0.1) is 5.92 Å². The lowest BCUT2D eigenvalue weighted by Gasteiger charge is -2.35. The van der Waals surface area contributed by atoms with Gasteiger partial charge in [-0.1, -0.05) is 0 Å². The summed E-state index contributed by atoms with van der Waals surface area (Å²) in [5.74, 6) is -0.663. The molecule has 0 aromatic rings. The van der Waals surface area contributed by atoms with Crippen LogP contribution in [0.25, 0.3) is 0 Å². The highest BCUT2D eigenvalue weighted by Gasteiger charge is 2.45. The summed E-state index contributed by atoms with van der Waals surface area (Å²) in [7, 11) is 0. The number of carboxylic acid groups (broad SMARTS) is 1. The number of hydrogen-bond donors (Lipinski definition) is 1. The average Bonchev–Trinajstić information content (AvgIpc) is 2.95. The maximum atomic E-state index is 12.0. The van der Waals surface area contributed by atoms with Gasteiger partial charge in [-0.3, -0.25) is 14.5 Å². The standard InChI is InChI=1S/C13H20N2O3/c16-12-7-11(10-3-1-2-5-15(10)12)14-6-4-9(8-14)13(17)18/h9-11H,1-8H2,(H,17,18). The Morgan fingerprint density at radius 3 is 2.72 bits per heavy atom. The number of carbonyl (C=O) groups is 2. The molecule has 3 fully saturated rings. The number of rotatable bonds is 2. The zero-order chi connectivity index (χ0) is 12.7. The van der Waals surface area contributed by atoms with Crippen LogP contribution >= 0.6 is 0 Å². The number of aliphatic carboxylic acids is 1. The summed E-state index contributed by atoms with van der Waals surface area (Å²) < 4.78 is 0. The number of nitrogens with zero attached hydrogens (tertiary/aromatic N) is 2. The number of carboxylic acids is 1. The molecule has 3 saturated heterocycles. The first-order valence-electron chi connectivity index (χ1n) is 6.93. The van der Waals surface area contributed by atoms with Crippen molar-refractivity contribution in [2.75, 3.05) is 19.6 Å². The number of hydrogen-bond acceptors (Lipinski definition) is 3. The Balaban J connectivity index is 1.70. The lowest BCUT2D eigenvalue weighted by atomic mass is 9.98. The normalized spacial score (nSPS) is 37.0. The van der Waals surface area contributed by atoms with E-state index in [9.17, 15) is 9.59 Å². The van der Waals surface area contributed by atoms with Gasteiger partial charge in [-0.25, -0.2) is 0 Å². The van der Waals surface area contributed by atoms with E-state index >= 15 is 0 Å². The Hall–Kier alpha value is -1.10. The van der Waals surface area contributed by atoms with E-state index in [1.165, 1.54) is 6.42 Å². The molecule has 100 valence electrons. The van der Waals surface area contributed by atoms with Gasteiger partial charge in [-0.05, 0) is 32.2 Å². The SMILES string of the molecule is O=C(O)C1CCN(C2CC(=O)N3CCCCC23)C1. The molecule has 1 amide bonds. The summed E-state index contributed by atoms with van der Waals surface area (Å²) in [6.07, 6.45) is 4.72. The van der Waals surface area contributed by atoms with Gasteiger partial charge in [0.05, 0.1) is 5.92 Å². The Morgan fingerprint density at radius 1 is 1.17 bits per heavy atom. The number of amides is 1. The van der Waals surface area contributed by atoms with Gasteiger partial charge in [0, 0.05) is 31.6 Å². The van der Waals surface area contributed by atoms with E-state index in [2.05, 4.69) is 4.90 Å². The Bertz CT molecular complexity index is 371. The average molecular weight is 252 g/mol. The zero-order valence-electron chi connectivity index (χ0n) is 10.5. The van der Waals surface area contributed by atoms with Crippen LogP contribution in [-0.2, 0) is 9.59 Å². The molecule has 3 heterocycles. The third-order valence-electron chi connectivity index (χ3n) is 4.74. The number of carbonyl (C=O) groups excluding carboxylic acids is 1. The lowest BCUT2D eigenvalue weighted by Crippen LogP contribution is -2.46. The van der Waals surface area contributed by atoms with Crippen molar-refractivity contribution < 1.29 is 14.7 Å². The van der Waals surface area contributed by atoms with Crippen molar-refractivity contribution in [3.8, 4) is 0 Å². The van der Waals surface area contributed by atoms with Crippen molar-refractivity contribution in [1.82, 2.24) is 9.80 Å². The Labute approximate surface area is 107 Å². The second-order valence-electron chi connectivity index (χ2n) is 5.74.